The fourth-order valence-electron chi connectivity index (χ4n) is 1.93. The monoisotopic (exact) mass is 402 g/mol. The fourth-order valence-corrected chi connectivity index (χ4v) is 3.63. The first kappa shape index (κ1) is 14.9. The highest BCUT2D eigenvalue weighted by Gasteiger charge is 2.15. The van der Waals surface area contributed by atoms with E-state index in [1.807, 2.05) is 18.2 Å². The van der Waals surface area contributed by atoms with Crippen molar-refractivity contribution in [3.05, 3.63) is 62.6 Å². The zero-order valence-corrected chi connectivity index (χ0v) is 14.5. The smallest absolute Gasteiger partial charge is 0.120 e. The molecule has 0 aliphatic heterocycles. The van der Waals surface area contributed by atoms with Crippen molar-refractivity contribution < 1.29 is 4.74 Å². The van der Waals surface area contributed by atoms with Gasteiger partial charge in [0.25, 0.3) is 0 Å². The summed E-state index contributed by atoms with van der Waals surface area (Å²) in [6.07, 6.45) is 0. The molecule has 2 aromatic carbocycles. The van der Waals surface area contributed by atoms with Gasteiger partial charge < -0.3 is 4.74 Å². The summed E-state index contributed by atoms with van der Waals surface area (Å²) in [5.74, 6) is 0.763. The minimum Gasteiger partial charge on any atom is -0.497 e. The van der Waals surface area contributed by atoms with Crippen molar-refractivity contribution in [2.45, 2.75) is 11.8 Å². The van der Waals surface area contributed by atoms with E-state index in [0.717, 1.165) is 15.8 Å². The summed E-state index contributed by atoms with van der Waals surface area (Å²) in [4.78, 5) is 0.0575. The third-order valence-corrected chi connectivity index (χ3v) is 4.64. The molecule has 0 spiro atoms. The van der Waals surface area contributed by atoms with Crippen molar-refractivity contribution in [3.8, 4) is 5.75 Å². The van der Waals surface area contributed by atoms with Crippen LogP contribution >= 0.6 is 43.5 Å². The highest BCUT2D eigenvalue weighted by molar-refractivity contribution is 9.10. The van der Waals surface area contributed by atoms with Crippen LogP contribution in [0.25, 0.3) is 0 Å². The van der Waals surface area contributed by atoms with Gasteiger partial charge in [-0.3, -0.25) is 0 Å². The predicted molar refractivity (Wildman–Crippen MR) is 87.7 cm³/mol. The Bertz CT molecular complexity index is 578. The van der Waals surface area contributed by atoms with Gasteiger partial charge in [0.05, 0.1) is 11.9 Å². The minimum absolute atomic E-state index is 0.0575. The molecule has 0 amide bonds. The summed E-state index contributed by atoms with van der Waals surface area (Å²) in [5.41, 5.74) is 3.40. The fraction of sp³-hybridized carbons (Fsp3) is 0.200. The molecule has 0 saturated heterocycles. The van der Waals surface area contributed by atoms with Gasteiger partial charge in [-0.1, -0.05) is 55.6 Å². The van der Waals surface area contributed by atoms with Crippen molar-refractivity contribution in [2.75, 3.05) is 7.11 Å². The van der Waals surface area contributed by atoms with Crippen LogP contribution in [-0.4, -0.2) is 7.11 Å². The molecule has 1 nitrogen and oxygen atoms in total. The molecule has 0 fully saturated rings. The van der Waals surface area contributed by atoms with Gasteiger partial charge >= 0.3 is 0 Å². The minimum atomic E-state index is 0.0575. The Morgan fingerprint density at radius 2 is 1.89 bits per heavy atom. The van der Waals surface area contributed by atoms with Crippen molar-refractivity contribution in [1.82, 2.24) is 0 Å². The number of ether oxygens (including phenoxy) is 1. The lowest BCUT2D eigenvalue weighted by Crippen LogP contribution is -1.95. The van der Waals surface area contributed by atoms with Crippen LogP contribution in [0, 0.1) is 6.92 Å². The molecule has 2 rings (SSSR count). The number of alkyl halides is 1. The van der Waals surface area contributed by atoms with E-state index in [2.05, 4.69) is 57.0 Å². The van der Waals surface area contributed by atoms with E-state index >= 15 is 0 Å². The van der Waals surface area contributed by atoms with Gasteiger partial charge in [-0.25, -0.2) is 0 Å². The van der Waals surface area contributed by atoms with Gasteiger partial charge in [0.1, 0.15) is 5.75 Å². The highest BCUT2D eigenvalue weighted by atomic mass is 79.9. The van der Waals surface area contributed by atoms with Crippen LogP contribution < -0.4 is 4.74 Å². The second-order valence-electron chi connectivity index (χ2n) is 4.31. The Balaban J connectivity index is 2.40. The lowest BCUT2D eigenvalue weighted by atomic mass is 10.0. The molecule has 0 N–H and O–H groups in total. The van der Waals surface area contributed by atoms with Gasteiger partial charge in [-0.15, -0.1) is 0 Å². The van der Waals surface area contributed by atoms with E-state index in [1.54, 1.807) is 7.11 Å². The molecule has 0 heterocycles. The summed E-state index contributed by atoms with van der Waals surface area (Å²) in [5, 5.41) is 0.693. The molecule has 0 bridgehead atoms. The van der Waals surface area contributed by atoms with Crippen molar-refractivity contribution >= 4 is 43.5 Å². The molecule has 19 heavy (non-hydrogen) atoms. The molecule has 0 aliphatic carbocycles. The number of rotatable bonds is 3. The molecule has 0 saturated carbocycles. The van der Waals surface area contributed by atoms with Gasteiger partial charge in [-0.05, 0) is 47.9 Å². The van der Waals surface area contributed by atoms with Crippen LogP contribution in [0.2, 0.25) is 5.02 Å². The third-order valence-electron chi connectivity index (χ3n) is 2.84. The zero-order chi connectivity index (χ0) is 14.0. The number of halogens is 3. The van der Waals surface area contributed by atoms with Crippen LogP contribution in [0.5, 0.6) is 5.75 Å². The Labute approximate surface area is 135 Å². The van der Waals surface area contributed by atoms with Gasteiger partial charge in [0, 0.05) is 9.50 Å². The lowest BCUT2D eigenvalue weighted by molar-refractivity contribution is 0.414. The molecular weight excluding hydrogens is 391 g/mol. The van der Waals surface area contributed by atoms with Crippen molar-refractivity contribution in [3.63, 3.8) is 0 Å². The summed E-state index contributed by atoms with van der Waals surface area (Å²) >= 11 is 13.5. The predicted octanol–water partition coefficient (Wildman–Crippen LogP) is 5.90. The summed E-state index contributed by atoms with van der Waals surface area (Å²) in [6.45, 7) is 2.07. The number of aryl methyl sites for hydroxylation is 1. The largest absolute Gasteiger partial charge is 0.497 e. The van der Waals surface area contributed by atoms with Crippen LogP contribution in [0.4, 0.5) is 0 Å². The molecule has 4 heteroatoms. The van der Waals surface area contributed by atoms with Gasteiger partial charge in [0.15, 0.2) is 0 Å². The van der Waals surface area contributed by atoms with Gasteiger partial charge in [-0.2, -0.15) is 0 Å². The number of benzene rings is 2. The third kappa shape index (κ3) is 3.53. The SMILES string of the molecule is COc1ccc(C(Br)c2cc(C)cc(Br)c2)c(Cl)c1. The zero-order valence-electron chi connectivity index (χ0n) is 10.6. The Kier molecular flexibility index (Phi) is 4.93. The second-order valence-corrected chi connectivity index (χ2v) is 6.55. The second kappa shape index (κ2) is 6.29. The average molecular weight is 405 g/mol. The first-order chi connectivity index (χ1) is 9.01. The molecular formula is C15H13Br2ClO. The van der Waals surface area contributed by atoms with Crippen LogP contribution in [0.15, 0.2) is 40.9 Å². The number of hydrogen-bond acceptors (Lipinski definition) is 1. The first-order valence-electron chi connectivity index (χ1n) is 5.76. The normalized spacial score (nSPS) is 12.3. The van der Waals surface area contributed by atoms with E-state index in [0.29, 0.717) is 5.02 Å². The van der Waals surface area contributed by atoms with E-state index in [9.17, 15) is 0 Å². The maximum absolute atomic E-state index is 6.31. The molecule has 0 aromatic heterocycles. The quantitative estimate of drug-likeness (QED) is 0.579. The molecule has 1 atom stereocenters. The summed E-state index contributed by atoms with van der Waals surface area (Å²) in [7, 11) is 1.63. The van der Waals surface area contributed by atoms with Gasteiger partial charge in [0.2, 0.25) is 0 Å². The summed E-state index contributed by atoms with van der Waals surface area (Å²) < 4.78 is 6.23. The van der Waals surface area contributed by atoms with E-state index in [1.165, 1.54) is 11.1 Å². The standard InChI is InChI=1S/C15H13Br2ClO/c1-9-5-10(7-11(16)6-9)15(17)13-4-3-12(19-2)8-14(13)18/h3-8,15H,1-2H3. The van der Waals surface area contributed by atoms with Crippen molar-refractivity contribution in [1.29, 1.82) is 0 Å². The molecule has 2 aromatic rings. The maximum atomic E-state index is 6.31. The molecule has 0 radical (unpaired) electrons. The van der Waals surface area contributed by atoms with Crippen LogP contribution in [0.3, 0.4) is 0 Å². The number of hydrogen-bond donors (Lipinski definition) is 0. The topological polar surface area (TPSA) is 9.23 Å². The Morgan fingerprint density at radius 3 is 2.47 bits per heavy atom. The molecule has 1 unspecified atom stereocenters. The molecule has 0 aliphatic rings. The van der Waals surface area contributed by atoms with E-state index in [4.69, 9.17) is 16.3 Å². The lowest BCUT2D eigenvalue weighted by Gasteiger charge is -2.14. The van der Waals surface area contributed by atoms with Crippen LogP contribution in [-0.2, 0) is 0 Å². The Hall–Kier alpha value is -0.510. The number of methoxy groups -OCH3 is 1. The summed E-state index contributed by atoms with van der Waals surface area (Å²) in [6, 6.07) is 12.0. The first-order valence-corrected chi connectivity index (χ1v) is 7.84. The maximum Gasteiger partial charge on any atom is 0.120 e. The average Bonchev–Trinajstić information content (AvgIpc) is 2.36. The van der Waals surface area contributed by atoms with E-state index in [-0.39, 0.29) is 4.83 Å². The van der Waals surface area contributed by atoms with Crippen LogP contribution in [0.1, 0.15) is 21.5 Å². The Morgan fingerprint density at radius 1 is 1.16 bits per heavy atom. The van der Waals surface area contributed by atoms with E-state index < -0.39 is 0 Å². The highest BCUT2D eigenvalue weighted by Crippen LogP contribution is 2.37. The molecule has 100 valence electrons. The van der Waals surface area contributed by atoms with Crippen molar-refractivity contribution in [2.24, 2.45) is 0 Å².